The van der Waals surface area contributed by atoms with Crippen molar-refractivity contribution in [3.05, 3.63) is 18.1 Å². The summed E-state index contributed by atoms with van der Waals surface area (Å²) in [7, 11) is 0. The first-order valence-corrected chi connectivity index (χ1v) is 7.83. The Morgan fingerprint density at radius 3 is 2.40 bits per heavy atom. The number of piperidine rings is 1. The Hall–Kier alpha value is -1.20. The summed E-state index contributed by atoms with van der Waals surface area (Å²) in [6, 6.07) is 0. The highest BCUT2D eigenvalue weighted by molar-refractivity contribution is 5.36. The Kier molecular flexibility index (Phi) is 4.47. The van der Waals surface area contributed by atoms with E-state index in [-0.39, 0.29) is 0 Å². The van der Waals surface area contributed by atoms with Gasteiger partial charge in [0.1, 0.15) is 5.82 Å². The SMILES string of the molecule is NCc1cnc(N2CCC(CN3CCCC3)CC2)cn1. The second-order valence-electron chi connectivity index (χ2n) is 6.01. The molecule has 0 aromatic carbocycles. The van der Waals surface area contributed by atoms with E-state index in [1.54, 1.807) is 6.20 Å². The molecule has 3 rings (SSSR count). The molecule has 5 heteroatoms. The molecule has 0 aliphatic carbocycles. The molecule has 0 amide bonds. The predicted octanol–water partition coefficient (Wildman–Crippen LogP) is 1.25. The van der Waals surface area contributed by atoms with E-state index < -0.39 is 0 Å². The van der Waals surface area contributed by atoms with Crippen LogP contribution in [0.2, 0.25) is 0 Å². The van der Waals surface area contributed by atoms with E-state index in [2.05, 4.69) is 19.8 Å². The van der Waals surface area contributed by atoms with Crippen molar-refractivity contribution in [3.8, 4) is 0 Å². The minimum Gasteiger partial charge on any atom is -0.355 e. The Balaban J connectivity index is 1.49. The number of hydrogen-bond acceptors (Lipinski definition) is 5. The number of nitrogens with zero attached hydrogens (tertiary/aromatic N) is 4. The molecule has 0 spiro atoms. The van der Waals surface area contributed by atoms with Gasteiger partial charge in [0.25, 0.3) is 0 Å². The standard InChI is InChI=1S/C15H25N5/c16-9-14-10-18-15(11-17-14)20-7-3-13(4-8-20)12-19-5-1-2-6-19/h10-11,13H,1-9,12,16H2. The largest absolute Gasteiger partial charge is 0.355 e. The van der Waals surface area contributed by atoms with E-state index >= 15 is 0 Å². The highest BCUT2D eigenvalue weighted by Crippen LogP contribution is 2.23. The van der Waals surface area contributed by atoms with Crippen molar-refractivity contribution in [2.75, 3.05) is 37.6 Å². The molecule has 0 bridgehead atoms. The van der Waals surface area contributed by atoms with Crippen LogP contribution >= 0.6 is 0 Å². The van der Waals surface area contributed by atoms with E-state index in [0.717, 1.165) is 30.5 Å². The van der Waals surface area contributed by atoms with Crippen LogP contribution in [0.1, 0.15) is 31.4 Å². The van der Waals surface area contributed by atoms with Crippen LogP contribution in [-0.2, 0) is 6.54 Å². The van der Waals surface area contributed by atoms with Gasteiger partial charge in [0.05, 0.1) is 18.1 Å². The van der Waals surface area contributed by atoms with Gasteiger partial charge < -0.3 is 15.5 Å². The minimum absolute atomic E-state index is 0.463. The van der Waals surface area contributed by atoms with Gasteiger partial charge in [-0.3, -0.25) is 4.98 Å². The lowest BCUT2D eigenvalue weighted by molar-refractivity contribution is 0.249. The zero-order chi connectivity index (χ0) is 13.8. The maximum absolute atomic E-state index is 5.55. The van der Waals surface area contributed by atoms with Gasteiger partial charge in [-0.05, 0) is 44.7 Å². The highest BCUT2D eigenvalue weighted by atomic mass is 15.2. The quantitative estimate of drug-likeness (QED) is 0.896. The Morgan fingerprint density at radius 1 is 1.05 bits per heavy atom. The van der Waals surface area contributed by atoms with Crippen LogP contribution in [-0.4, -0.2) is 47.6 Å². The van der Waals surface area contributed by atoms with E-state index in [4.69, 9.17) is 5.73 Å². The molecule has 2 aliphatic rings. The molecular weight excluding hydrogens is 250 g/mol. The van der Waals surface area contributed by atoms with Gasteiger partial charge in [-0.25, -0.2) is 4.98 Å². The van der Waals surface area contributed by atoms with Gasteiger partial charge in [-0.2, -0.15) is 0 Å². The lowest BCUT2D eigenvalue weighted by atomic mass is 9.96. The van der Waals surface area contributed by atoms with Crippen LogP contribution in [0.5, 0.6) is 0 Å². The van der Waals surface area contributed by atoms with Crippen molar-refractivity contribution in [2.24, 2.45) is 11.7 Å². The molecule has 0 atom stereocenters. The van der Waals surface area contributed by atoms with Gasteiger partial charge in [0.15, 0.2) is 0 Å². The number of anilines is 1. The molecule has 0 radical (unpaired) electrons. The maximum atomic E-state index is 5.55. The van der Waals surface area contributed by atoms with Crippen molar-refractivity contribution < 1.29 is 0 Å². The molecule has 2 aliphatic heterocycles. The summed E-state index contributed by atoms with van der Waals surface area (Å²) >= 11 is 0. The van der Waals surface area contributed by atoms with Crippen LogP contribution in [0.15, 0.2) is 12.4 Å². The Bertz CT molecular complexity index is 405. The van der Waals surface area contributed by atoms with Crippen LogP contribution in [0.25, 0.3) is 0 Å². The number of aromatic nitrogens is 2. The zero-order valence-corrected chi connectivity index (χ0v) is 12.2. The molecule has 1 aromatic heterocycles. The van der Waals surface area contributed by atoms with E-state index in [1.165, 1.54) is 45.3 Å². The fourth-order valence-corrected chi connectivity index (χ4v) is 3.29. The summed E-state index contributed by atoms with van der Waals surface area (Å²) in [6.45, 7) is 6.60. The third-order valence-electron chi connectivity index (χ3n) is 4.55. The van der Waals surface area contributed by atoms with Crippen LogP contribution in [0.4, 0.5) is 5.82 Å². The van der Waals surface area contributed by atoms with Crippen molar-refractivity contribution >= 4 is 5.82 Å². The second-order valence-corrected chi connectivity index (χ2v) is 6.01. The molecule has 110 valence electrons. The van der Waals surface area contributed by atoms with Gasteiger partial charge in [0.2, 0.25) is 0 Å². The minimum atomic E-state index is 0.463. The lowest BCUT2D eigenvalue weighted by Crippen LogP contribution is -2.38. The monoisotopic (exact) mass is 275 g/mol. The summed E-state index contributed by atoms with van der Waals surface area (Å²) in [5.41, 5.74) is 6.41. The van der Waals surface area contributed by atoms with E-state index in [0.29, 0.717) is 6.54 Å². The van der Waals surface area contributed by atoms with Crippen LogP contribution < -0.4 is 10.6 Å². The predicted molar refractivity (Wildman–Crippen MR) is 80.5 cm³/mol. The molecule has 1 aromatic rings. The summed E-state index contributed by atoms with van der Waals surface area (Å²) in [5.74, 6) is 1.86. The Labute approximate surface area is 121 Å². The number of hydrogen-bond donors (Lipinski definition) is 1. The van der Waals surface area contributed by atoms with Gasteiger partial charge >= 0.3 is 0 Å². The maximum Gasteiger partial charge on any atom is 0.147 e. The fraction of sp³-hybridized carbons (Fsp3) is 0.733. The molecular formula is C15H25N5. The first kappa shape index (κ1) is 13.8. The fourth-order valence-electron chi connectivity index (χ4n) is 3.29. The third-order valence-corrected chi connectivity index (χ3v) is 4.55. The zero-order valence-electron chi connectivity index (χ0n) is 12.2. The molecule has 2 fully saturated rings. The molecule has 5 nitrogen and oxygen atoms in total. The number of nitrogens with two attached hydrogens (primary N) is 1. The molecule has 0 unspecified atom stereocenters. The molecule has 20 heavy (non-hydrogen) atoms. The summed E-state index contributed by atoms with van der Waals surface area (Å²) in [5, 5.41) is 0. The van der Waals surface area contributed by atoms with E-state index in [9.17, 15) is 0 Å². The smallest absolute Gasteiger partial charge is 0.147 e. The van der Waals surface area contributed by atoms with Crippen molar-refractivity contribution in [2.45, 2.75) is 32.2 Å². The normalized spacial score (nSPS) is 21.6. The average molecular weight is 275 g/mol. The van der Waals surface area contributed by atoms with Crippen LogP contribution in [0.3, 0.4) is 0 Å². The van der Waals surface area contributed by atoms with Gasteiger partial charge in [0, 0.05) is 26.2 Å². The summed E-state index contributed by atoms with van der Waals surface area (Å²) in [4.78, 5) is 13.8. The third kappa shape index (κ3) is 3.27. The Morgan fingerprint density at radius 2 is 1.80 bits per heavy atom. The molecule has 2 saturated heterocycles. The summed E-state index contributed by atoms with van der Waals surface area (Å²) < 4.78 is 0. The average Bonchev–Trinajstić information content (AvgIpc) is 3.01. The van der Waals surface area contributed by atoms with Gasteiger partial charge in [-0.1, -0.05) is 0 Å². The summed E-state index contributed by atoms with van der Waals surface area (Å²) in [6.07, 6.45) is 8.99. The lowest BCUT2D eigenvalue weighted by Gasteiger charge is -2.34. The molecule has 3 heterocycles. The van der Waals surface area contributed by atoms with Crippen LogP contribution in [0, 0.1) is 5.92 Å². The first-order valence-electron chi connectivity index (χ1n) is 7.83. The molecule has 0 saturated carbocycles. The van der Waals surface area contributed by atoms with Crippen molar-refractivity contribution in [1.29, 1.82) is 0 Å². The molecule has 2 N–H and O–H groups in total. The first-order chi connectivity index (χ1) is 9.85. The number of likely N-dealkylation sites (tertiary alicyclic amines) is 1. The second kappa shape index (κ2) is 6.50. The highest BCUT2D eigenvalue weighted by Gasteiger charge is 2.23. The van der Waals surface area contributed by atoms with Crippen molar-refractivity contribution in [1.82, 2.24) is 14.9 Å². The topological polar surface area (TPSA) is 58.3 Å². The van der Waals surface area contributed by atoms with Gasteiger partial charge in [-0.15, -0.1) is 0 Å². The van der Waals surface area contributed by atoms with E-state index in [1.807, 2.05) is 6.20 Å². The number of rotatable bonds is 4. The van der Waals surface area contributed by atoms with Crippen molar-refractivity contribution in [3.63, 3.8) is 0 Å².